The molecular formula is C15H20FN3O5S. The summed E-state index contributed by atoms with van der Waals surface area (Å²) in [5.74, 6) is -1.79. The van der Waals surface area contributed by atoms with E-state index in [4.69, 9.17) is 0 Å². The number of anilines is 1. The lowest BCUT2D eigenvalue weighted by Crippen LogP contribution is -2.37. The predicted octanol–water partition coefficient (Wildman–Crippen LogP) is 1.40. The molecule has 0 radical (unpaired) electrons. The number of sulfonamides is 1. The van der Waals surface area contributed by atoms with Crippen molar-refractivity contribution in [2.45, 2.75) is 18.2 Å². The lowest BCUT2D eigenvalue weighted by molar-refractivity contribution is -0.146. The average Bonchev–Trinajstić information content (AvgIpc) is 2.93. The highest BCUT2D eigenvalue weighted by atomic mass is 32.2. The fraction of sp³-hybridized carbons (Fsp3) is 0.467. The minimum atomic E-state index is -3.78. The summed E-state index contributed by atoms with van der Waals surface area (Å²) in [5, 5.41) is 11.5. The summed E-state index contributed by atoms with van der Waals surface area (Å²) in [6.07, 6.45) is 0.285. The van der Waals surface area contributed by atoms with E-state index < -0.39 is 33.3 Å². The van der Waals surface area contributed by atoms with Crippen molar-refractivity contribution in [3.63, 3.8) is 0 Å². The number of benzene rings is 1. The molecule has 0 saturated carbocycles. The van der Waals surface area contributed by atoms with Crippen LogP contribution in [0.4, 0.5) is 14.9 Å². The zero-order chi connectivity index (χ0) is 19.0. The molecule has 0 aromatic heterocycles. The largest absolute Gasteiger partial charge is 0.481 e. The zero-order valence-corrected chi connectivity index (χ0v) is 14.9. The maximum atomic E-state index is 14.0. The molecule has 8 nitrogen and oxygen atoms in total. The average molecular weight is 373 g/mol. The Morgan fingerprint density at radius 2 is 2.00 bits per heavy atom. The third-order valence-electron chi connectivity index (χ3n) is 4.23. The number of aliphatic carboxylic acids is 1. The molecular weight excluding hydrogens is 353 g/mol. The van der Waals surface area contributed by atoms with Crippen molar-refractivity contribution in [3.05, 3.63) is 24.0 Å². The number of carbonyl (C=O) groups excluding carboxylic acids is 1. The van der Waals surface area contributed by atoms with Crippen LogP contribution < -0.4 is 5.32 Å². The lowest BCUT2D eigenvalue weighted by Gasteiger charge is -2.21. The van der Waals surface area contributed by atoms with Gasteiger partial charge in [0.15, 0.2) is 0 Å². The van der Waals surface area contributed by atoms with E-state index >= 15 is 0 Å². The molecule has 2 N–H and O–H groups in total. The van der Waals surface area contributed by atoms with Crippen LogP contribution in [0.2, 0.25) is 0 Å². The van der Waals surface area contributed by atoms with Gasteiger partial charge >= 0.3 is 12.0 Å². The molecule has 2 amide bonds. The summed E-state index contributed by atoms with van der Waals surface area (Å²) in [6.45, 7) is 1.74. The van der Waals surface area contributed by atoms with Crippen molar-refractivity contribution >= 4 is 27.7 Å². The topological polar surface area (TPSA) is 107 Å². The van der Waals surface area contributed by atoms with E-state index in [-0.39, 0.29) is 30.1 Å². The Bertz CT molecular complexity index is 811. The smallest absolute Gasteiger partial charge is 0.321 e. The molecule has 25 heavy (non-hydrogen) atoms. The van der Waals surface area contributed by atoms with Gasteiger partial charge in [-0.2, -0.15) is 0 Å². The highest BCUT2D eigenvalue weighted by Gasteiger charge is 2.42. The van der Waals surface area contributed by atoms with Crippen LogP contribution in [0.15, 0.2) is 23.1 Å². The first-order valence-electron chi connectivity index (χ1n) is 7.49. The van der Waals surface area contributed by atoms with E-state index in [0.717, 1.165) is 22.5 Å². The summed E-state index contributed by atoms with van der Waals surface area (Å²) in [6, 6.07) is 2.42. The minimum absolute atomic E-state index is 0.00846. The summed E-state index contributed by atoms with van der Waals surface area (Å²) in [7, 11) is -1.09. The van der Waals surface area contributed by atoms with Gasteiger partial charge in [-0.1, -0.05) is 0 Å². The number of likely N-dealkylation sites (tertiary alicyclic amines) is 1. The normalized spacial score (nSPS) is 20.8. The number of hydrogen-bond acceptors (Lipinski definition) is 4. The Hall–Kier alpha value is -2.20. The molecule has 0 bridgehead atoms. The van der Waals surface area contributed by atoms with Gasteiger partial charge in [0.2, 0.25) is 10.0 Å². The molecule has 0 spiro atoms. The number of rotatable bonds is 4. The van der Waals surface area contributed by atoms with Gasteiger partial charge in [0.1, 0.15) is 5.82 Å². The van der Waals surface area contributed by atoms with E-state index in [9.17, 15) is 27.5 Å². The zero-order valence-electron chi connectivity index (χ0n) is 14.1. The second-order valence-electron chi connectivity index (χ2n) is 6.40. The molecule has 1 aromatic rings. The van der Waals surface area contributed by atoms with E-state index in [1.165, 1.54) is 25.9 Å². The van der Waals surface area contributed by atoms with Crippen LogP contribution in [0.5, 0.6) is 0 Å². The van der Waals surface area contributed by atoms with Crippen LogP contribution >= 0.6 is 0 Å². The molecule has 1 heterocycles. The van der Waals surface area contributed by atoms with Crippen LogP contribution in [-0.4, -0.2) is 61.9 Å². The van der Waals surface area contributed by atoms with Crippen LogP contribution in [0, 0.1) is 11.2 Å². The second kappa shape index (κ2) is 6.60. The van der Waals surface area contributed by atoms with E-state index in [1.54, 1.807) is 0 Å². The first-order chi connectivity index (χ1) is 11.5. The third-order valence-corrected chi connectivity index (χ3v) is 6.05. The van der Waals surface area contributed by atoms with Crippen LogP contribution in [0.1, 0.15) is 13.3 Å². The van der Waals surface area contributed by atoms with Crippen LogP contribution in [-0.2, 0) is 14.8 Å². The van der Waals surface area contributed by atoms with Gasteiger partial charge in [0, 0.05) is 27.2 Å². The van der Waals surface area contributed by atoms with Gasteiger partial charge in [-0.25, -0.2) is 21.9 Å². The van der Waals surface area contributed by atoms with Crippen LogP contribution in [0.3, 0.4) is 0 Å². The van der Waals surface area contributed by atoms with Gasteiger partial charge < -0.3 is 15.3 Å². The Kier molecular flexibility index (Phi) is 5.05. The lowest BCUT2D eigenvalue weighted by atomic mass is 9.90. The summed E-state index contributed by atoms with van der Waals surface area (Å²) >= 11 is 0. The van der Waals surface area contributed by atoms with Crippen molar-refractivity contribution in [2.24, 2.45) is 5.41 Å². The number of hydrogen-bond donors (Lipinski definition) is 2. The summed E-state index contributed by atoms with van der Waals surface area (Å²) < 4.78 is 39.2. The molecule has 1 aliphatic heterocycles. The van der Waals surface area contributed by atoms with Gasteiger partial charge in [-0.3, -0.25) is 4.79 Å². The third kappa shape index (κ3) is 3.74. The van der Waals surface area contributed by atoms with Crippen molar-refractivity contribution in [1.82, 2.24) is 9.21 Å². The molecule has 2 rings (SSSR count). The fourth-order valence-corrected chi connectivity index (χ4v) is 3.40. The number of halogens is 1. The molecule has 1 unspecified atom stereocenters. The van der Waals surface area contributed by atoms with Gasteiger partial charge in [0.05, 0.1) is 16.0 Å². The van der Waals surface area contributed by atoms with Crippen molar-refractivity contribution in [1.29, 1.82) is 0 Å². The highest BCUT2D eigenvalue weighted by Crippen LogP contribution is 2.31. The number of amides is 2. The number of urea groups is 1. The molecule has 1 aromatic carbocycles. The molecule has 0 aliphatic carbocycles. The number of nitrogens with zero attached hydrogens (tertiary/aromatic N) is 2. The first-order valence-corrected chi connectivity index (χ1v) is 8.93. The molecule has 1 aliphatic rings. The number of carboxylic acids is 1. The van der Waals surface area contributed by atoms with Crippen LogP contribution in [0.25, 0.3) is 0 Å². The van der Waals surface area contributed by atoms with E-state index in [2.05, 4.69) is 5.32 Å². The van der Waals surface area contributed by atoms with Gasteiger partial charge in [-0.05, 0) is 31.5 Å². The second-order valence-corrected chi connectivity index (χ2v) is 8.55. The molecule has 1 saturated heterocycles. The monoisotopic (exact) mass is 373 g/mol. The molecule has 10 heteroatoms. The maximum Gasteiger partial charge on any atom is 0.321 e. The highest BCUT2D eigenvalue weighted by molar-refractivity contribution is 7.89. The van der Waals surface area contributed by atoms with E-state index in [1.807, 2.05) is 0 Å². The van der Waals surface area contributed by atoms with Gasteiger partial charge in [0.25, 0.3) is 0 Å². The fourth-order valence-electron chi connectivity index (χ4n) is 2.47. The molecule has 138 valence electrons. The maximum absolute atomic E-state index is 14.0. The van der Waals surface area contributed by atoms with Crippen molar-refractivity contribution < 1.29 is 27.5 Å². The predicted molar refractivity (Wildman–Crippen MR) is 88.2 cm³/mol. The number of carbonyl (C=O) groups is 2. The number of nitrogens with one attached hydrogen (secondary N) is 1. The standard InChI is InChI=1S/C15H20FN3O5S/c1-15(13(20)21)6-7-19(9-15)14(22)17-12-8-10(4-5-11(12)16)25(23,24)18(2)3/h4-5,8H,6-7,9H2,1-3H3,(H,17,22)(H,20,21). The number of carboxylic acid groups (broad SMARTS) is 1. The van der Waals surface area contributed by atoms with E-state index in [0.29, 0.717) is 0 Å². The SMILES string of the molecule is CN(C)S(=O)(=O)c1ccc(F)c(NC(=O)N2CCC(C)(C(=O)O)C2)c1. The van der Waals surface area contributed by atoms with Crippen molar-refractivity contribution in [2.75, 3.05) is 32.5 Å². The summed E-state index contributed by atoms with van der Waals surface area (Å²) in [5.41, 5.74) is -1.33. The Balaban J connectivity index is 2.21. The molecule has 1 fully saturated rings. The summed E-state index contributed by atoms with van der Waals surface area (Å²) in [4.78, 5) is 24.6. The quantitative estimate of drug-likeness (QED) is 0.830. The first kappa shape index (κ1) is 19.1. The Morgan fingerprint density at radius 3 is 2.52 bits per heavy atom. The Morgan fingerprint density at radius 1 is 1.36 bits per heavy atom. The van der Waals surface area contributed by atoms with Crippen molar-refractivity contribution in [3.8, 4) is 0 Å². The molecule has 1 atom stereocenters. The Labute approximate surface area is 145 Å². The minimum Gasteiger partial charge on any atom is -0.481 e. The van der Waals surface area contributed by atoms with Gasteiger partial charge in [-0.15, -0.1) is 0 Å².